The van der Waals surface area contributed by atoms with E-state index in [4.69, 9.17) is 4.74 Å². The van der Waals surface area contributed by atoms with Crippen molar-refractivity contribution >= 4 is 11.8 Å². The largest absolute Gasteiger partial charge is 0.383 e. The van der Waals surface area contributed by atoms with Crippen LogP contribution in [0.2, 0.25) is 0 Å². The Morgan fingerprint density at radius 3 is 2.85 bits per heavy atom. The lowest BCUT2D eigenvalue weighted by atomic mass is 10.0. The number of carbonyl (C=O) groups excluding carboxylic acids is 2. The summed E-state index contributed by atoms with van der Waals surface area (Å²) in [4.78, 5) is 26.1. The third-order valence-corrected chi connectivity index (χ3v) is 3.94. The number of nitrogens with one attached hydrogen (secondary N) is 2. The molecule has 0 spiro atoms. The lowest BCUT2D eigenvalue weighted by Gasteiger charge is -2.36. The SMILES string of the molecule is COCCNC(=O)C(C)N1CCCC(NC2CC2)C1=O. The standard InChI is InChI=1S/C14H25N3O3/c1-10(13(18)15-7-9-20-2)17-8-3-4-12(14(17)19)16-11-5-6-11/h10-12,16H,3-9H2,1-2H3,(H,15,18). The van der Waals surface area contributed by atoms with Gasteiger partial charge in [0, 0.05) is 26.2 Å². The van der Waals surface area contributed by atoms with E-state index < -0.39 is 6.04 Å². The van der Waals surface area contributed by atoms with Crippen molar-refractivity contribution in [3.63, 3.8) is 0 Å². The Balaban J connectivity index is 1.85. The molecule has 1 aliphatic carbocycles. The van der Waals surface area contributed by atoms with E-state index in [-0.39, 0.29) is 17.9 Å². The van der Waals surface area contributed by atoms with Gasteiger partial charge in [0.25, 0.3) is 0 Å². The van der Waals surface area contributed by atoms with E-state index in [0.717, 1.165) is 25.7 Å². The van der Waals surface area contributed by atoms with Gasteiger partial charge in [-0.2, -0.15) is 0 Å². The quantitative estimate of drug-likeness (QED) is 0.639. The van der Waals surface area contributed by atoms with Crippen molar-refractivity contribution in [2.24, 2.45) is 0 Å². The minimum Gasteiger partial charge on any atom is -0.383 e. The van der Waals surface area contributed by atoms with Gasteiger partial charge in [0.2, 0.25) is 11.8 Å². The molecule has 0 aromatic carbocycles. The number of likely N-dealkylation sites (tertiary alicyclic amines) is 1. The van der Waals surface area contributed by atoms with E-state index in [1.807, 2.05) is 0 Å². The molecule has 0 radical (unpaired) electrons. The van der Waals surface area contributed by atoms with Gasteiger partial charge in [0.1, 0.15) is 6.04 Å². The maximum absolute atomic E-state index is 12.4. The van der Waals surface area contributed by atoms with Gasteiger partial charge in [0.05, 0.1) is 12.6 Å². The predicted octanol–water partition coefficient (Wildman–Crippen LogP) is -0.119. The Bertz CT molecular complexity index is 358. The summed E-state index contributed by atoms with van der Waals surface area (Å²) >= 11 is 0. The third kappa shape index (κ3) is 3.93. The molecule has 0 bridgehead atoms. The van der Waals surface area contributed by atoms with Crippen LogP contribution in [0.5, 0.6) is 0 Å². The molecule has 2 unspecified atom stereocenters. The molecule has 2 rings (SSSR count). The van der Waals surface area contributed by atoms with Crippen molar-refractivity contribution < 1.29 is 14.3 Å². The van der Waals surface area contributed by atoms with Crippen LogP contribution < -0.4 is 10.6 Å². The van der Waals surface area contributed by atoms with Crippen LogP contribution in [0.25, 0.3) is 0 Å². The molecule has 0 aromatic heterocycles. The van der Waals surface area contributed by atoms with Gasteiger partial charge in [-0.25, -0.2) is 0 Å². The smallest absolute Gasteiger partial charge is 0.242 e. The van der Waals surface area contributed by atoms with E-state index in [2.05, 4.69) is 10.6 Å². The summed E-state index contributed by atoms with van der Waals surface area (Å²) in [6.07, 6.45) is 4.16. The zero-order valence-electron chi connectivity index (χ0n) is 12.4. The number of nitrogens with zero attached hydrogens (tertiary/aromatic N) is 1. The first kappa shape index (κ1) is 15.3. The number of carbonyl (C=O) groups is 2. The van der Waals surface area contributed by atoms with E-state index in [9.17, 15) is 9.59 Å². The fourth-order valence-corrected chi connectivity index (χ4v) is 2.54. The topological polar surface area (TPSA) is 70.7 Å². The Morgan fingerprint density at radius 1 is 1.45 bits per heavy atom. The third-order valence-electron chi connectivity index (χ3n) is 3.94. The summed E-state index contributed by atoms with van der Waals surface area (Å²) in [5, 5.41) is 6.17. The number of ether oxygens (including phenoxy) is 1. The van der Waals surface area contributed by atoms with Crippen molar-refractivity contribution in [3.05, 3.63) is 0 Å². The van der Waals surface area contributed by atoms with E-state index >= 15 is 0 Å². The van der Waals surface area contributed by atoms with Gasteiger partial charge in [-0.3, -0.25) is 9.59 Å². The van der Waals surface area contributed by atoms with Crippen molar-refractivity contribution in [3.8, 4) is 0 Å². The molecular formula is C14H25N3O3. The zero-order valence-corrected chi connectivity index (χ0v) is 12.4. The second-order valence-corrected chi connectivity index (χ2v) is 5.63. The Kier molecular flexibility index (Phi) is 5.37. The maximum Gasteiger partial charge on any atom is 0.242 e. The minimum absolute atomic E-state index is 0.0672. The second-order valence-electron chi connectivity index (χ2n) is 5.63. The lowest BCUT2D eigenvalue weighted by Crippen LogP contribution is -2.57. The molecule has 1 saturated heterocycles. The van der Waals surface area contributed by atoms with Crippen LogP contribution in [-0.4, -0.2) is 61.6 Å². The molecule has 1 aliphatic heterocycles. The van der Waals surface area contributed by atoms with Crippen molar-refractivity contribution in [1.29, 1.82) is 0 Å². The fraction of sp³-hybridized carbons (Fsp3) is 0.857. The van der Waals surface area contributed by atoms with Crippen LogP contribution in [0.4, 0.5) is 0 Å². The maximum atomic E-state index is 12.4. The average Bonchev–Trinajstić information content (AvgIpc) is 3.24. The summed E-state index contributed by atoms with van der Waals surface area (Å²) in [5.74, 6) is -0.0417. The first-order valence-corrected chi connectivity index (χ1v) is 7.46. The fourth-order valence-electron chi connectivity index (χ4n) is 2.54. The van der Waals surface area contributed by atoms with Crippen LogP contribution in [0.15, 0.2) is 0 Å². The summed E-state index contributed by atoms with van der Waals surface area (Å²) in [6, 6.07) is -0.0108. The van der Waals surface area contributed by atoms with E-state index in [1.54, 1.807) is 18.9 Å². The first-order chi connectivity index (χ1) is 9.63. The van der Waals surface area contributed by atoms with Crippen LogP contribution in [0, 0.1) is 0 Å². The summed E-state index contributed by atoms with van der Waals surface area (Å²) in [7, 11) is 1.60. The molecule has 1 heterocycles. The van der Waals surface area contributed by atoms with Gasteiger partial charge in [-0.05, 0) is 32.6 Å². The van der Waals surface area contributed by atoms with Gasteiger partial charge in [0.15, 0.2) is 0 Å². The molecule has 2 atom stereocenters. The van der Waals surface area contributed by atoms with Crippen LogP contribution in [-0.2, 0) is 14.3 Å². The highest BCUT2D eigenvalue weighted by molar-refractivity contribution is 5.90. The lowest BCUT2D eigenvalue weighted by molar-refractivity contribution is -0.143. The van der Waals surface area contributed by atoms with Crippen LogP contribution >= 0.6 is 0 Å². The Labute approximate surface area is 120 Å². The Hall–Kier alpha value is -1.14. The highest BCUT2D eigenvalue weighted by Gasteiger charge is 2.36. The molecule has 2 fully saturated rings. The predicted molar refractivity (Wildman–Crippen MR) is 75.2 cm³/mol. The van der Waals surface area contributed by atoms with Crippen molar-refractivity contribution in [2.45, 2.75) is 50.7 Å². The molecule has 114 valence electrons. The van der Waals surface area contributed by atoms with E-state index in [0.29, 0.717) is 25.7 Å². The molecule has 2 amide bonds. The Morgan fingerprint density at radius 2 is 2.20 bits per heavy atom. The highest BCUT2D eigenvalue weighted by atomic mass is 16.5. The number of amides is 2. The minimum atomic E-state index is -0.414. The zero-order chi connectivity index (χ0) is 14.5. The molecule has 6 heteroatoms. The number of piperidine rings is 1. The molecule has 0 aromatic rings. The van der Waals surface area contributed by atoms with Crippen LogP contribution in [0.3, 0.4) is 0 Å². The van der Waals surface area contributed by atoms with Gasteiger partial charge in [-0.1, -0.05) is 0 Å². The molecular weight excluding hydrogens is 258 g/mol. The normalized spacial score (nSPS) is 24.6. The summed E-state index contributed by atoms with van der Waals surface area (Å²) in [5.41, 5.74) is 0. The molecule has 6 nitrogen and oxygen atoms in total. The number of hydrogen-bond acceptors (Lipinski definition) is 4. The van der Waals surface area contributed by atoms with Gasteiger partial charge in [-0.15, -0.1) is 0 Å². The number of hydrogen-bond donors (Lipinski definition) is 2. The summed E-state index contributed by atoms with van der Waals surface area (Å²) in [6.45, 7) is 3.42. The molecule has 2 N–H and O–H groups in total. The average molecular weight is 283 g/mol. The second kappa shape index (κ2) is 7.04. The van der Waals surface area contributed by atoms with E-state index in [1.165, 1.54) is 0 Å². The van der Waals surface area contributed by atoms with Crippen LogP contribution in [0.1, 0.15) is 32.6 Å². The molecule has 20 heavy (non-hydrogen) atoms. The van der Waals surface area contributed by atoms with Gasteiger partial charge >= 0.3 is 0 Å². The first-order valence-electron chi connectivity index (χ1n) is 7.46. The number of rotatable bonds is 7. The van der Waals surface area contributed by atoms with Gasteiger partial charge < -0.3 is 20.3 Å². The number of methoxy groups -OCH3 is 1. The summed E-state index contributed by atoms with van der Waals surface area (Å²) < 4.78 is 4.90. The molecule has 2 aliphatic rings. The monoisotopic (exact) mass is 283 g/mol. The molecule has 1 saturated carbocycles. The highest BCUT2D eigenvalue weighted by Crippen LogP contribution is 2.23. The van der Waals surface area contributed by atoms with Crippen molar-refractivity contribution in [2.75, 3.05) is 26.8 Å². The van der Waals surface area contributed by atoms with Crippen molar-refractivity contribution in [1.82, 2.24) is 15.5 Å².